The first-order valence-corrected chi connectivity index (χ1v) is 10.9. The SMILES string of the molecule is COCCn1c(C2CCCN2Cc2nnc3n2CCCC3)nc2ccccc2c1=O. The lowest BCUT2D eigenvalue weighted by atomic mass is 10.1. The van der Waals surface area contributed by atoms with Crippen molar-refractivity contribution in [1.29, 1.82) is 0 Å². The van der Waals surface area contributed by atoms with Crippen molar-refractivity contribution in [2.45, 2.75) is 57.8 Å². The number of likely N-dealkylation sites (tertiary alicyclic amines) is 1. The van der Waals surface area contributed by atoms with Crippen molar-refractivity contribution < 1.29 is 4.74 Å². The average Bonchev–Trinajstić information content (AvgIpc) is 3.41. The summed E-state index contributed by atoms with van der Waals surface area (Å²) in [7, 11) is 1.66. The molecule has 158 valence electrons. The van der Waals surface area contributed by atoms with Gasteiger partial charge in [-0.15, -0.1) is 10.2 Å². The molecule has 8 heteroatoms. The second-order valence-electron chi connectivity index (χ2n) is 8.21. The number of aryl methyl sites for hydroxylation is 1. The summed E-state index contributed by atoms with van der Waals surface area (Å²) in [4.78, 5) is 20.6. The van der Waals surface area contributed by atoms with Gasteiger partial charge in [0.25, 0.3) is 5.56 Å². The predicted octanol–water partition coefficient (Wildman–Crippen LogP) is 2.31. The van der Waals surface area contributed by atoms with Gasteiger partial charge in [0.05, 0.1) is 36.6 Å². The average molecular weight is 409 g/mol. The summed E-state index contributed by atoms with van der Waals surface area (Å²) in [5.74, 6) is 2.97. The van der Waals surface area contributed by atoms with Crippen LogP contribution in [0.2, 0.25) is 0 Å². The second-order valence-corrected chi connectivity index (χ2v) is 8.21. The van der Waals surface area contributed by atoms with E-state index < -0.39 is 0 Å². The van der Waals surface area contributed by atoms with Gasteiger partial charge in [0.15, 0.2) is 0 Å². The fraction of sp³-hybridized carbons (Fsp3) is 0.545. The molecule has 0 saturated carbocycles. The molecule has 3 aromatic rings. The molecule has 0 aliphatic carbocycles. The Labute approximate surface area is 175 Å². The second kappa shape index (κ2) is 8.28. The molecule has 1 atom stereocenters. The Morgan fingerprint density at radius 1 is 1.13 bits per heavy atom. The van der Waals surface area contributed by atoms with Crippen LogP contribution in [0.3, 0.4) is 0 Å². The summed E-state index contributed by atoms with van der Waals surface area (Å²) in [5, 5.41) is 9.56. The first-order chi connectivity index (χ1) is 14.8. The Balaban J connectivity index is 1.52. The first-order valence-electron chi connectivity index (χ1n) is 10.9. The van der Waals surface area contributed by atoms with E-state index in [-0.39, 0.29) is 11.6 Å². The zero-order chi connectivity index (χ0) is 20.5. The van der Waals surface area contributed by atoms with Gasteiger partial charge in [0.2, 0.25) is 0 Å². The maximum Gasteiger partial charge on any atom is 0.261 e. The van der Waals surface area contributed by atoms with Crippen molar-refractivity contribution in [3.63, 3.8) is 0 Å². The lowest BCUT2D eigenvalue weighted by Gasteiger charge is -2.26. The molecule has 0 bridgehead atoms. The van der Waals surface area contributed by atoms with E-state index in [0.29, 0.717) is 18.5 Å². The number of rotatable bonds is 6. The van der Waals surface area contributed by atoms with Gasteiger partial charge in [-0.2, -0.15) is 0 Å². The molecular weight excluding hydrogens is 380 g/mol. The molecule has 2 aliphatic rings. The van der Waals surface area contributed by atoms with Crippen molar-refractivity contribution in [2.24, 2.45) is 0 Å². The van der Waals surface area contributed by atoms with E-state index in [1.807, 2.05) is 28.8 Å². The number of ether oxygens (including phenoxy) is 1. The summed E-state index contributed by atoms with van der Waals surface area (Å²) in [6, 6.07) is 7.70. The number of nitrogens with zero attached hydrogens (tertiary/aromatic N) is 6. The van der Waals surface area contributed by atoms with Gasteiger partial charge >= 0.3 is 0 Å². The number of benzene rings is 1. The molecule has 1 unspecified atom stereocenters. The number of fused-ring (bicyclic) bond motifs is 2. The van der Waals surface area contributed by atoms with Crippen LogP contribution in [-0.2, 0) is 30.8 Å². The minimum Gasteiger partial charge on any atom is -0.383 e. The van der Waals surface area contributed by atoms with E-state index in [1.54, 1.807) is 7.11 Å². The first kappa shape index (κ1) is 19.4. The minimum absolute atomic E-state index is 0.0133. The number of hydrogen-bond acceptors (Lipinski definition) is 6. The maximum absolute atomic E-state index is 13.2. The van der Waals surface area contributed by atoms with Crippen LogP contribution >= 0.6 is 0 Å². The number of hydrogen-bond donors (Lipinski definition) is 0. The normalized spacial score (nSPS) is 19.4. The van der Waals surface area contributed by atoms with Crippen molar-refractivity contribution in [3.05, 3.63) is 52.1 Å². The van der Waals surface area contributed by atoms with Gasteiger partial charge in [0.1, 0.15) is 17.5 Å². The lowest BCUT2D eigenvalue weighted by molar-refractivity contribution is 0.177. The molecule has 0 radical (unpaired) electrons. The van der Waals surface area contributed by atoms with Crippen molar-refractivity contribution >= 4 is 10.9 Å². The van der Waals surface area contributed by atoms with Crippen molar-refractivity contribution in [3.8, 4) is 0 Å². The molecule has 0 N–H and O–H groups in total. The van der Waals surface area contributed by atoms with Crippen LogP contribution in [-0.4, -0.2) is 49.5 Å². The summed E-state index contributed by atoms with van der Waals surface area (Å²) < 4.78 is 9.38. The summed E-state index contributed by atoms with van der Waals surface area (Å²) >= 11 is 0. The monoisotopic (exact) mass is 408 g/mol. The lowest BCUT2D eigenvalue weighted by Crippen LogP contribution is -2.33. The van der Waals surface area contributed by atoms with Crippen molar-refractivity contribution in [2.75, 3.05) is 20.3 Å². The number of para-hydroxylation sites is 1. The van der Waals surface area contributed by atoms with E-state index in [0.717, 1.165) is 61.9 Å². The molecule has 5 rings (SSSR count). The predicted molar refractivity (Wildman–Crippen MR) is 113 cm³/mol. The summed E-state index contributed by atoms with van der Waals surface area (Å²) in [6.07, 6.45) is 5.46. The molecular formula is C22H28N6O2. The third-order valence-corrected chi connectivity index (χ3v) is 6.35. The summed E-state index contributed by atoms with van der Waals surface area (Å²) in [5.41, 5.74) is 0.775. The van der Waals surface area contributed by atoms with Crippen LogP contribution in [0.4, 0.5) is 0 Å². The molecule has 0 spiro atoms. The molecule has 2 aliphatic heterocycles. The van der Waals surface area contributed by atoms with Gasteiger partial charge in [0, 0.05) is 20.1 Å². The third kappa shape index (κ3) is 3.44. The molecule has 30 heavy (non-hydrogen) atoms. The summed E-state index contributed by atoms with van der Waals surface area (Å²) in [6.45, 7) is 3.71. The van der Waals surface area contributed by atoms with Gasteiger partial charge in [-0.3, -0.25) is 14.3 Å². The number of methoxy groups -OCH3 is 1. The Hall–Kier alpha value is -2.58. The Morgan fingerprint density at radius 2 is 2.03 bits per heavy atom. The van der Waals surface area contributed by atoms with E-state index in [9.17, 15) is 4.79 Å². The van der Waals surface area contributed by atoms with Gasteiger partial charge in [-0.25, -0.2) is 4.98 Å². The largest absolute Gasteiger partial charge is 0.383 e. The van der Waals surface area contributed by atoms with Crippen LogP contribution in [0.5, 0.6) is 0 Å². The third-order valence-electron chi connectivity index (χ3n) is 6.35. The van der Waals surface area contributed by atoms with Crippen molar-refractivity contribution in [1.82, 2.24) is 29.2 Å². The van der Waals surface area contributed by atoms with E-state index >= 15 is 0 Å². The fourth-order valence-electron chi connectivity index (χ4n) is 4.81. The quantitative estimate of drug-likeness (QED) is 0.623. The highest BCUT2D eigenvalue weighted by atomic mass is 16.5. The smallest absolute Gasteiger partial charge is 0.261 e. The molecule has 1 saturated heterocycles. The van der Waals surface area contributed by atoms with Crippen LogP contribution in [0, 0.1) is 0 Å². The van der Waals surface area contributed by atoms with Crippen LogP contribution in [0.25, 0.3) is 10.9 Å². The number of aromatic nitrogens is 5. The van der Waals surface area contributed by atoms with Crippen LogP contribution in [0.15, 0.2) is 29.1 Å². The Kier molecular flexibility index (Phi) is 5.35. The topological polar surface area (TPSA) is 78.1 Å². The van der Waals surface area contributed by atoms with Gasteiger partial charge in [-0.05, 0) is 44.4 Å². The van der Waals surface area contributed by atoms with E-state index in [1.165, 1.54) is 12.8 Å². The van der Waals surface area contributed by atoms with Crippen LogP contribution in [0.1, 0.15) is 49.2 Å². The van der Waals surface area contributed by atoms with Crippen LogP contribution < -0.4 is 5.56 Å². The van der Waals surface area contributed by atoms with E-state index in [4.69, 9.17) is 9.72 Å². The zero-order valence-corrected chi connectivity index (χ0v) is 17.5. The van der Waals surface area contributed by atoms with Gasteiger partial charge < -0.3 is 9.30 Å². The minimum atomic E-state index is 0.0133. The van der Waals surface area contributed by atoms with E-state index in [2.05, 4.69) is 19.7 Å². The molecule has 0 amide bonds. The fourth-order valence-corrected chi connectivity index (χ4v) is 4.81. The Bertz CT molecular complexity index is 1100. The molecule has 4 heterocycles. The maximum atomic E-state index is 13.2. The molecule has 8 nitrogen and oxygen atoms in total. The standard InChI is InChI=1S/C22H28N6O2/c1-30-14-13-28-21(23-17-8-3-2-7-16(17)22(28)29)18-9-6-11-26(18)15-20-25-24-19-10-4-5-12-27(19)20/h2-3,7-8,18H,4-6,9-15H2,1H3. The highest BCUT2D eigenvalue weighted by Gasteiger charge is 2.32. The zero-order valence-electron chi connectivity index (χ0n) is 17.5. The molecule has 1 aromatic carbocycles. The highest BCUT2D eigenvalue weighted by Crippen LogP contribution is 2.32. The highest BCUT2D eigenvalue weighted by molar-refractivity contribution is 5.77. The molecule has 1 fully saturated rings. The Morgan fingerprint density at radius 3 is 2.93 bits per heavy atom. The van der Waals surface area contributed by atoms with Gasteiger partial charge in [-0.1, -0.05) is 12.1 Å². The molecule has 2 aromatic heterocycles.